The molecule has 0 bridgehead atoms. The normalized spacial score (nSPS) is 29.2. The first-order valence-corrected chi connectivity index (χ1v) is 7.95. The van der Waals surface area contributed by atoms with Gasteiger partial charge >= 0.3 is 0 Å². The van der Waals surface area contributed by atoms with Crippen LogP contribution in [0.4, 0.5) is 0 Å². The summed E-state index contributed by atoms with van der Waals surface area (Å²) in [5, 5.41) is 0. The summed E-state index contributed by atoms with van der Waals surface area (Å²) in [4.78, 5) is 7.67. The molecule has 2 N–H and O–H groups in total. The molecule has 1 unspecified atom stereocenters. The molecule has 4 heteroatoms. The number of nitrogens with two attached hydrogens (primary N) is 1. The Balaban J connectivity index is 1.93. The van der Waals surface area contributed by atoms with Crippen LogP contribution in [0.5, 0.6) is 0 Å². The third-order valence-electron chi connectivity index (χ3n) is 5.27. The van der Waals surface area contributed by atoms with Gasteiger partial charge in [-0.25, -0.2) is 0 Å². The van der Waals surface area contributed by atoms with Crippen molar-refractivity contribution in [3.63, 3.8) is 0 Å². The number of nitrogens with zero attached hydrogens (tertiary/aromatic N) is 3. The molecule has 2 heterocycles. The fourth-order valence-corrected chi connectivity index (χ4v) is 3.75. The Kier molecular flexibility index (Phi) is 5.23. The predicted molar refractivity (Wildman–Crippen MR) is 81.4 cm³/mol. The lowest BCUT2D eigenvalue weighted by Gasteiger charge is -2.47. The second-order valence-electron chi connectivity index (χ2n) is 6.62. The van der Waals surface area contributed by atoms with E-state index in [1.807, 2.05) is 0 Å². The highest BCUT2D eigenvalue weighted by Crippen LogP contribution is 2.32. The summed E-state index contributed by atoms with van der Waals surface area (Å²) in [6.45, 7) is 9.25. The maximum absolute atomic E-state index is 6.19. The first-order chi connectivity index (χ1) is 9.11. The van der Waals surface area contributed by atoms with Gasteiger partial charge in [-0.2, -0.15) is 0 Å². The molecule has 0 aliphatic carbocycles. The van der Waals surface area contributed by atoms with Crippen molar-refractivity contribution in [2.45, 2.75) is 44.2 Å². The van der Waals surface area contributed by atoms with Crippen molar-refractivity contribution in [2.75, 3.05) is 53.4 Å². The van der Waals surface area contributed by atoms with Crippen LogP contribution in [0.1, 0.15) is 32.6 Å². The van der Waals surface area contributed by atoms with E-state index < -0.39 is 0 Å². The van der Waals surface area contributed by atoms with E-state index in [-0.39, 0.29) is 5.54 Å². The van der Waals surface area contributed by atoms with Crippen molar-refractivity contribution in [1.29, 1.82) is 0 Å². The van der Waals surface area contributed by atoms with Crippen LogP contribution in [0.15, 0.2) is 0 Å². The maximum atomic E-state index is 6.19. The zero-order chi connectivity index (χ0) is 13.9. The average Bonchev–Trinajstić information content (AvgIpc) is 2.91. The van der Waals surface area contributed by atoms with Crippen LogP contribution in [0.2, 0.25) is 0 Å². The quantitative estimate of drug-likeness (QED) is 0.801. The lowest BCUT2D eigenvalue weighted by Crippen LogP contribution is -2.59. The predicted octanol–water partition coefficient (Wildman–Crippen LogP) is 0.826. The highest BCUT2D eigenvalue weighted by molar-refractivity contribution is 5.00. The van der Waals surface area contributed by atoms with Gasteiger partial charge < -0.3 is 15.5 Å². The Bertz CT molecular complexity index is 271. The highest BCUT2D eigenvalue weighted by Gasteiger charge is 2.41. The minimum Gasteiger partial charge on any atom is -0.329 e. The van der Waals surface area contributed by atoms with Crippen molar-refractivity contribution in [3.05, 3.63) is 0 Å². The van der Waals surface area contributed by atoms with Crippen molar-refractivity contribution in [3.8, 4) is 0 Å². The van der Waals surface area contributed by atoms with Gasteiger partial charge in [0, 0.05) is 31.2 Å². The van der Waals surface area contributed by atoms with Crippen LogP contribution in [0, 0.1) is 0 Å². The molecule has 0 aromatic heterocycles. The molecule has 0 spiro atoms. The molecule has 2 aliphatic heterocycles. The molecular weight excluding hydrogens is 236 g/mol. The van der Waals surface area contributed by atoms with Gasteiger partial charge in [0.1, 0.15) is 0 Å². The van der Waals surface area contributed by atoms with Gasteiger partial charge in [0.25, 0.3) is 0 Å². The van der Waals surface area contributed by atoms with Gasteiger partial charge in [0.15, 0.2) is 0 Å². The smallest absolute Gasteiger partial charge is 0.0356 e. The van der Waals surface area contributed by atoms with E-state index in [0.29, 0.717) is 0 Å². The number of rotatable bonds is 5. The average molecular weight is 268 g/mol. The SMILES string of the molecule is CCCN1CCC(CN)(N2CCC(N(C)C)C2)CC1. The Hall–Kier alpha value is -0.160. The van der Waals surface area contributed by atoms with Crippen molar-refractivity contribution in [1.82, 2.24) is 14.7 Å². The van der Waals surface area contributed by atoms with E-state index in [4.69, 9.17) is 5.73 Å². The monoisotopic (exact) mass is 268 g/mol. The summed E-state index contributed by atoms with van der Waals surface area (Å²) in [5.74, 6) is 0. The number of piperidine rings is 1. The molecule has 0 radical (unpaired) electrons. The number of hydrogen-bond donors (Lipinski definition) is 1. The highest BCUT2D eigenvalue weighted by atomic mass is 15.3. The molecule has 0 aromatic rings. The topological polar surface area (TPSA) is 35.7 Å². The first kappa shape index (κ1) is 15.2. The van der Waals surface area contributed by atoms with Crippen LogP contribution in [-0.2, 0) is 0 Å². The zero-order valence-electron chi connectivity index (χ0n) is 13.1. The number of likely N-dealkylation sites (tertiary alicyclic amines) is 2. The molecule has 2 rings (SSSR count). The summed E-state index contributed by atoms with van der Waals surface area (Å²) in [6, 6.07) is 0.720. The minimum absolute atomic E-state index is 0.287. The Labute approximate surface area is 118 Å². The molecule has 1 atom stereocenters. The third-order valence-corrected chi connectivity index (χ3v) is 5.27. The van der Waals surface area contributed by atoms with Gasteiger partial charge in [-0.15, -0.1) is 0 Å². The van der Waals surface area contributed by atoms with Crippen LogP contribution >= 0.6 is 0 Å². The molecule has 2 saturated heterocycles. The Morgan fingerprint density at radius 3 is 2.37 bits per heavy atom. The zero-order valence-corrected chi connectivity index (χ0v) is 13.1. The van der Waals surface area contributed by atoms with E-state index in [2.05, 4.69) is 35.7 Å². The fourth-order valence-electron chi connectivity index (χ4n) is 3.75. The molecule has 2 aliphatic rings. The van der Waals surface area contributed by atoms with Gasteiger partial charge in [-0.3, -0.25) is 4.90 Å². The second kappa shape index (κ2) is 6.53. The van der Waals surface area contributed by atoms with Gasteiger partial charge in [0.2, 0.25) is 0 Å². The third kappa shape index (κ3) is 3.30. The van der Waals surface area contributed by atoms with E-state index in [1.54, 1.807) is 0 Å². The van der Waals surface area contributed by atoms with Gasteiger partial charge in [-0.1, -0.05) is 6.92 Å². The first-order valence-electron chi connectivity index (χ1n) is 7.95. The number of likely N-dealkylation sites (N-methyl/N-ethyl adjacent to an activating group) is 1. The van der Waals surface area contributed by atoms with Crippen LogP contribution in [0.3, 0.4) is 0 Å². The van der Waals surface area contributed by atoms with Crippen LogP contribution in [0.25, 0.3) is 0 Å². The summed E-state index contributed by atoms with van der Waals surface area (Å²) in [5.41, 5.74) is 6.47. The molecule has 19 heavy (non-hydrogen) atoms. The molecule has 2 fully saturated rings. The van der Waals surface area contributed by atoms with Crippen molar-refractivity contribution >= 4 is 0 Å². The standard InChI is InChI=1S/C15H32N4/c1-4-8-18-10-6-15(13-16,7-11-18)19-9-5-14(12-19)17(2)3/h14H,4-13,16H2,1-3H3. The fraction of sp³-hybridized carbons (Fsp3) is 1.00. The Morgan fingerprint density at radius 1 is 1.21 bits per heavy atom. The van der Waals surface area contributed by atoms with Gasteiger partial charge in [-0.05, 0) is 59.4 Å². The molecule has 112 valence electrons. The van der Waals surface area contributed by atoms with Crippen molar-refractivity contribution < 1.29 is 0 Å². The number of hydrogen-bond acceptors (Lipinski definition) is 4. The van der Waals surface area contributed by atoms with Crippen LogP contribution < -0.4 is 5.73 Å². The maximum Gasteiger partial charge on any atom is 0.0356 e. The van der Waals surface area contributed by atoms with E-state index in [9.17, 15) is 0 Å². The second-order valence-corrected chi connectivity index (χ2v) is 6.62. The van der Waals surface area contributed by atoms with Gasteiger partial charge in [0.05, 0.1) is 0 Å². The minimum atomic E-state index is 0.287. The summed E-state index contributed by atoms with van der Waals surface area (Å²) in [7, 11) is 4.40. The van der Waals surface area contributed by atoms with E-state index >= 15 is 0 Å². The van der Waals surface area contributed by atoms with Crippen molar-refractivity contribution in [2.24, 2.45) is 5.73 Å². The largest absolute Gasteiger partial charge is 0.329 e. The summed E-state index contributed by atoms with van der Waals surface area (Å²) in [6.07, 6.45) is 5.07. The molecule has 0 aromatic carbocycles. The Morgan fingerprint density at radius 2 is 1.89 bits per heavy atom. The molecule has 0 saturated carbocycles. The summed E-state index contributed by atoms with van der Waals surface area (Å²) >= 11 is 0. The lowest BCUT2D eigenvalue weighted by molar-refractivity contribution is 0.0396. The molecule has 0 amide bonds. The lowest BCUT2D eigenvalue weighted by atomic mass is 9.85. The molecular formula is C15H32N4. The van der Waals surface area contributed by atoms with E-state index in [0.717, 1.165) is 12.6 Å². The summed E-state index contributed by atoms with van der Waals surface area (Å²) < 4.78 is 0. The van der Waals surface area contributed by atoms with Crippen LogP contribution in [-0.4, -0.2) is 79.6 Å². The molecule has 4 nitrogen and oxygen atoms in total. The van der Waals surface area contributed by atoms with E-state index in [1.165, 1.54) is 58.4 Å².